The maximum Gasteiger partial charge on any atom is 0.264 e. The molecule has 0 saturated heterocycles. The molecule has 0 aliphatic rings. The van der Waals surface area contributed by atoms with Crippen molar-refractivity contribution in [2.45, 2.75) is 6.54 Å². The molecule has 156 valence electrons. The lowest BCUT2D eigenvalue weighted by Gasteiger charge is -2.09. The van der Waals surface area contributed by atoms with Gasteiger partial charge in [-0.3, -0.25) is 13.7 Å². The van der Waals surface area contributed by atoms with Crippen LogP contribution in [0.1, 0.15) is 10.4 Å². The van der Waals surface area contributed by atoms with E-state index in [0.717, 1.165) is 11.6 Å². The zero-order chi connectivity index (χ0) is 21.3. The van der Waals surface area contributed by atoms with Crippen molar-refractivity contribution >= 4 is 38.3 Å². The predicted molar refractivity (Wildman–Crippen MR) is 108 cm³/mol. The normalized spacial score (nSPS) is 11.8. The maximum absolute atomic E-state index is 12.8. The Morgan fingerprint density at radius 3 is 2.90 bits per heavy atom. The van der Waals surface area contributed by atoms with Crippen LogP contribution in [-0.4, -0.2) is 58.7 Å². The van der Waals surface area contributed by atoms with Crippen LogP contribution in [0.15, 0.2) is 43.0 Å². The maximum atomic E-state index is 12.8. The third-order valence-corrected chi connectivity index (χ3v) is 4.86. The molecule has 0 spiro atoms. The second-order valence-corrected chi connectivity index (χ2v) is 8.07. The average molecular weight is 430 g/mol. The first-order valence-electron chi connectivity index (χ1n) is 8.83. The number of rotatable bonds is 7. The third kappa shape index (κ3) is 4.09. The van der Waals surface area contributed by atoms with Gasteiger partial charge in [-0.1, -0.05) is 0 Å². The smallest absolute Gasteiger partial charge is 0.264 e. The number of nitrogens with zero attached hydrogens (tertiary/aromatic N) is 5. The standard InChI is InChI=1S/C18H18N6O5S/c1-28-16-9-14-12(11-23(22-14)6-7-29-30(2,26)27)8-15(16)21-18(25)13-10-20-24-5-3-4-19-17(13)24/h3-5,8-11H,6-7H2,1-2H3,(H,21,25). The van der Waals surface area contributed by atoms with Gasteiger partial charge in [0, 0.05) is 30.0 Å². The molecule has 0 aliphatic heterocycles. The molecule has 3 aromatic heterocycles. The van der Waals surface area contributed by atoms with Crippen molar-refractivity contribution in [2.24, 2.45) is 0 Å². The van der Waals surface area contributed by atoms with E-state index in [1.165, 1.54) is 17.8 Å². The van der Waals surface area contributed by atoms with E-state index in [1.54, 1.807) is 41.5 Å². The SMILES string of the molecule is COc1cc2nn(CCOS(C)(=O)=O)cc2cc1NC(=O)c1cnn2cccnc12. The quantitative estimate of drug-likeness (QED) is 0.435. The lowest BCUT2D eigenvalue weighted by molar-refractivity contribution is 0.102. The van der Waals surface area contributed by atoms with Crippen molar-refractivity contribution in [3.8, 4) is 5.75 Å². The molecule has 0 saturated carbocycles. The molecule has 0 bridgehead atoms. The number of ether oxygens (including phenoxy) is 1. The van der Waals surface area contributed by atoms with Gasteiger partial charge in [0.15, 0.2) is 5.65 Å². The lowest BCUT2D eigenvalue weighted by Crippen LogP contribution is -2.12. The predicted octanol–water partition coefficient (Wildman–Crippen LogP) is 1.32. The Morgan fingerprint density at radius 2 is 2.13 bits per heavy atom. The molecule has 30 heavy (non-hydrogen) atoms. The minimum absolute atomic E-state index is 0.0325. The van der Waals surface area contributed by atoms with Gasteiger partial charge in [0.1, 0.15) is 11.3 Å². The molecular weight excluding hydrogens is 412 g/mol. The number of carbonyl (C=O) groups excluding carboxylic acids is 1. The number of benzene rings is 1. The first kappa shape index (κ1) is 19.8. The van der Waals surface area contributed by atoms with Crippen LogP contribution in [0.4, 0.5) is 5.69 Å². The van der Waals surface area contributed by atoms with Gasteiger partial charge in [-0.15, -0.1) is 0 Å². The Hall–Kier alpha value is -3.51. The summed E-state index contributed by atoms with van der Waals surface area (Å²) in [6.45, 7) is 0.217. The fourth-order valence-electron chi connectivity index (χ4n) is 2.94. The molecule has 4 rings (SSSR count). The molecule has 4 aromatic rings. The number of hydrogen-bond donors (Lipinski definition) is 1. The summed E-state index contributed by atoms with van der Waals surface area (Å²) in [6.07, 6.45) is 7.46. The molecular formula is C18H18N6O5S. The first-order chi connectivity index (χ1) is 14.3. The largest absolute Gasteiger partial charge is 0.494 e. The Kier molecular flexibility index (Phi) is 5.10. The molecule has 0 radical (unpaired) electrons. The molecule has 11 nitrogen and oxygen atoms in total. The van der Waals surface area contributed by atoms with E-state index in [4.69, 9.17) is 8.92 Å². The number of carbonyl (C=O) groups is 1. The number of fused-ring (bicyclic) bond motifs is 2. The average Bonchev–Trinajstić information content (AvgIpc) is 3.29. The van der Waals surface area contributed by atoms with Crippen LogP contribution < -0.4 is 10.1 Å². The minimum atomic E-state index is -3.51. The summed E-state index contributed by atoms with van der Waals surface area (Å²) < 4.78 is 35.4. The van der Waals surface area contributed by atoms with E-state index in [1.807, 2.05) is 0 Å². The monoisotopic (exact) mass is 430 g/mol. The van der Waals surface area contributed by atoms with Crippen LogP contribution in [0, 0.1) is 0 Å². The molecule has 0 atom stereocenters. The Labute approximate surface area is 171 Å². The van der Waals surface area contributed by atoms with Crippen LogP contribution in [-0.2, 0) is 20.8 Å². The van der Waals surface area contributed by atoms with E-state index >= 15 is 0 Å². The van der Waals surface area contributed by atoms with Crippen molar-refractivity contribution in [3.05, 3.63) is 48.5 Å². The molecule has 1 amide bonds. The molecule has 0 unspecified atom stereocenters. The van der Waals surface area contributed by atoms with Crippen molar-refractivity contribution in [3.63, 3.8) is 0 Å². The van der Waals surface area contributed by atoms with Crippen LogP contribution in [0.3, 0.4) is 0 Å². The van der Waals surface area contributed by atoms with E-state index in [9.17, 15) is 13.2 Å². The molecule has 3 heterocycles. The Bertz CT molecular complexity index is 1340. The third-order valence-electron chi connectivity index (χ3n) is 4.26. The molecule has 0 aliphatic carbocycles. The Morgan fingerprint density at radius 1 is 1.30 bits per heavy atom. The number of methoxy groups -OCH3 is 1. The van der Waals surface area contributed by atoms with Gasteiger partial charge >= 0.3 is 0 Å². The summed E-state index contributed by atoms with van der Waals surface area (Å²) in [5, 5.41) is 12.1. The zero-order valence-corrected chi connectivity index (χ0v) is 17.0. The summed E-state index contributed by atoms with van der Waals surface area (Å²) >= 11 is 0. The van der Waals surface area contributed by atoms with Crippen molar-refractivity contribution in [1.29, 1.82) is 0 Å². The second-order valence-electron chi connectivity index (χ2n) is 6.43. The number of anilines is 1. The van der Waals surface area contributed by atoms with E-state index in [-0.39, 0.29) is 19.1 Å². The van der Waals surface area contributed by atoms with Crippen LogP contribution in [0.5, 0.6) is 5.75 Å². The topological polar surface area (TPSA) is 130 Å². The van der Waals surface area contributed by atoms with E-state index in [0.29, 0.717) is 28.2 Å². The molecule has 0 fully saturated rings. The number of nitrogens with one attached hydrogen (secondary N) is 1. The highest BCUT2D eigenvalue weighted by molar-refractivity contribution is 7.85. The highest BCUT2D eigenvalue weighted by Gasteiger charge is 2.17. The number of amides is 1. The first-order valence-corrected chi connectivity index (χ1v) is 10.6. The van der Waals surface area contributed by atoms with E-state index < -0.39 is 10.1 Å². The summed E-state index contributed by atoms with van der Waals surface area (Å²) in [7, 11) is -2.02. The highest BCUT2D eigenvalue weighted by Crippen LogP contribution is 2.30. The van der Waals surface area contributed by atoms with Crippen LogP contribution in [0.25, 0.3) is 16.6 Å². The zero-order valence-electron chi connectivity index (χ0n) is 16.1. The Balaban J connectivity index is 1.59. The van der Waals surface area contributed by atoms with Gasteiger partial charge < -0.3 is 10.1 Å². The summed E-state index contributed by atoms with van der Waals surface area (Å²) in [5.74, 6) is 0.0493. The van der Waals surface area contributed by atoms with Gasteiger partial charge in [0.2, 0.25) is 0 Å². The summed E-state index contributed by atoms with van der Waals surface area (Å²) in [5.41, 5.74) is 1.85. The van der Waals surface area contributed by atoms with E-state index in [2.05, 4.69) is 20.5 Å². The van der Waals surface area contributed by atoms with Crippen molar-refractivity contribution < 1.29 is 22.1 Å². The summed E-state index contributed by atoms with van der Waals surface area (Å²) in [4.78, 5) is 17.0. The number of aromatic nitrogens is 5. The lowest BCUT2D eigenvalue weighted by atomic mass is 10.2. The molecule has 1 N–H and O–H groups in total. The molecule has 1 aromatic carbocycles. The summed E-state index contributed by atoms with van der Waals surface area (Å²) in [6, 6.07) is 5.14. The van der Waals surface area contributed by atoms with Gasteiger partial charge in [0.25, 0.3) is 16.0 Å². The van der Waals surface area contributed by atoms with Crippen molar-refractivity contribution in [2.75, 3.05) is 25.3 Å². The van der Waals surface area contributed by atoms with Gasteiger partial charge in [-0.25, -0.2) is 9.50 Å². The number of hydrogen-bond acceptors (Lipinski definition) is 8. The van der Waals surface area contributed by atoms with Gasteiger partial charge in [-0.05, 0) is 12.1 Å². The highest BCUT2D eigenvalue weighted by atomic mass is 32.2. The van der Waals surface area contributed by atoms with Crippen LogP contribution >= 0.6 is 0 Å². The fraction of sp³-hybridized carbons (Fsp3) is 0.222. The minimum Gasteiger partial charge on any atom is -0.494 e. The molecule has 12 heteroatoms. The fourth-order valence-corrected chi connectivity index (χ4v) is 3.32. The van der Waals surface area contributed by atoms with Gasteiger partial charge in [-0.2, -0.15) is 18.6 Å². The van der Waals surface area contributed by atoms with Gasteiger partial charge in [0.05, 0.1) is 43.9 Å². The van der Waals surface area contributed by atoms with Crippen LogP contribution in [0.2, 0.25) is 0 Å². The second kappa shape index (κ2) is 7.72. The van der Waals surface area contributed by atoms with Crippen molar-refractivity contribution in [1.82, 2.24) is 24.4 Å².